The minimum atomic E-state index is -3.96. The van der Waals surface area contributed by atoms with Crippen molar-refractivity contribution < 1.29 is 17.9 Å². The van der Waals surface area contributed by atoms with Gasteiger partial charge in [-0.1, -0.05) is 30.3 Å². The number of hydrogen-bond acceptors (Lipinski definition) is 7. The summed E-state index contributed by atoms with van der Waals surface area (Å²) in [5.74, 6) is 1.39. The van der Waals surface area contributed by atoms with Crippen molar-refractivity contribution in [2.75, 3.05) is 12.5 Å². The average Bonchev–Trinajstić information content (AvgIpc) is 3.40. The van der Waals surface area contributed by atoms with Crippen LogP contribution in [0.25, 0.3) is 22.2 Å². The van der Waals surface area contributed by atoms with Crippen LogP contribution in [0.4, 0.5) is 5.82 Å². The van der Waals surface area contributed by atoms with Crippen LogP contribution in [0.1, 0.15) is 11.1 Å². The molecule has 6 rings (SSSR count). The van der Waals surface area contributed by atoms with Crippen LogP contribution in [0.2, 0.25) is 0 Å². The van der Waals surface area contributed by atoms with E-state index >= 15 is 0 Å². The molecule has 0 fully saturated rings. The van der Waals surface area contributed by atoms with Gasteiger partial charge in [0, 0.05) is 0 Å². The molecule has 0 unspecified atom stereocenters. The summed E-state index contributed by atoms with van der Waals surface area (Å²) in [7, 11) is -3.96. The molecule has 3 aromatic carbocycles. The van der Waals surface area contributed by atoms with E-state index in [2.05, 4.69) is 4.98 Å². The first kappa shape index (κ1) is 20.5. The van der Waals surface area contributed by atoms with Gasteiger partial charge in [0.1, 0.15) is 16.2 Å². The van der Waals surface area contributed by atoms with Gasteiger partial charge in [0.15, 0.2) is 17.1 Å². The van der Waals surface area contributed by atoms with E-state index in [0.717, 1.165) is 11.1 Å². The molecule has 0 aliphatic carbocycles. The van der Waals surface area contributed by atoms with Crippen LogP contribution in [-0.4, -0.2) is 29.7 Å². The van der Waals surface area contributed by atoms with Crippen LogP contribution >= 0.6 is 0 Å². The summed E-state index contributed by atoms with van der Waals surface area (Å²) in [5, 5.41) is 0. The van der Waals surface area contributed by atoms with Crippen LogP contribution in [-0.2, 0) is 16.4 Å². The Kier molecular flexibility index (Phi) is 4.50. The Morgan fingerprint density at radius 2 is 1.71 bits per heavy atom. The van der Waals surface area contributed by atoms with E-state index in [9.17, 15) is 8.42 Å². The molecule has 0 radical (unpaired) electrons. The summed E-state index contributed by atoms with van der Waals surface area (Å²) in [6.45, 7) is 2.30. The van der Waals surface area contributed by atoms with Gasteiger partial charge in [-0.3, -0.25) is 0 Å². The number of sulfone groups is 1. The third-order valence-corrected chi connectivity index (χ3v) is 7.71. The molecule has 0 atom stereocenters. The van der Waals surface area contributed by atoms with Gasteiger partial charge in [0.2, 0.25) is 16.6 Å². The van der Waals surface area contributed by atoms with E-state index in [1.54, 1.807) is 28.8 Å². The standard InChI is InChI=1S/C25H20N4O4S/c1-15-5-4-6-17(11-15)34(30,31)23-22-25(28-19-8-3-2-7-18(19)27-22)29(24(23)26)13-16-9-10-20-21(12-16)33-14-32-20/h2-12H,13-14,26H2,1H3. The lowest BCUT2D eigenvalue weighted by molar-refractivity contribution is 0.174. The SMILES string of the molecule is Cc1cccc(S(=O)(=O)c2c(N)n(Cc3ccc4c(c3)OCO4)c3nc4ccccc4nc23)c1. The minimum Gasteiger partial charge on any atom is -0.454 e. The predicted molar refractivity (Wildman–Crippen MR) is 128 cm³/mol. The fraction of sp³-hybridized carbons (Fsp3) is 0.120. The molecular formula is C25H20N4O4S. The van der Waals surface area contributed by atoms with Crippen LogP contribution in [0, 0.1) is 6.92 Å². The third-order valence-electron chi connectivity index (χ3n) is 5.89. The van der Waals surface area contributed by atoms with Crippen LogP contribution in [0.3, 0.4) is 0 Å². The van der Waals surface area contributed by atoms with Crippen molar-refractivity contribution in [3.63, 3.8) is 0 Å². The Labute approximate surface area is 195 Å². The third kappa shape index (κ3) is 3.16. The van der Waals surface area contributed by atoms with Crippen molar-refractivity contribution in [3.8, 4) is 11.5 Å². The maximum absolute atomic E-state index is 13.8. The first-order valence-corrected chi connectivity index (χ1v) is 12.1. The number of nitrogen functional groups attached to an aromatic ring is 1. The number of hydrogen-bond donors (Lipinski definition) is 1. The van der Waals surface area contributed by atoms with Crippen molar-refractivity contribution >= 4 is 37.9 Å². The molecule has 0 bridgehead atoms. The second-order valence-corrected chi connectivity index (χ2v) is 10.1. The zero-order chi connectivity index (χ0) is 23.4. The van der Waals surface area contributed by atoms with Crippen LogP contribution < -0.4 is 15.2 Å². The largest absolute Gasteiger partial charge is 0.454 e. The normalized spacial score (nSPS) is 13.1. The van der Waals surface area contributed by atoms with Crippen molar-refractivity contribution in [1.29, 1.82) is 0 Å². The van der Waals surface area contributed by atoms with Crippen molar-refractivity contribution in [3.05, 3.63) is 77.9 Å². The highest BCUT2D eigenvalue weighted by Crippen LogP contribution is 2.37. The summed E-state index contributed by atoms with van der Waals surface area (Å²) in [4.78, 5) is 9.57. The monoisotopic (exact) mass is 472 g/mol. The fourth-order valence-electron chi connectivity index (χ4n) is 4.24. The van der Waals surface area contributed by atoms with E-state index in [4.69, 9.17) is 20.2 Å². The van der Waals surface area contributed by atoms with E-state index in [1.165, 1.54) is 0 Å². The molecule has 0 saturated carbocycles. The highest BCUT2D eigenvalue weighted by molar-refractivity contribution is 7.92. The topological polar surface area (TPSA) is 109 Å². The molecule has 8 nitrogen and oxygen atoms in total. The number of para-hydroxylation sites is 2. The molecule has 5 aromatic rings. The molecule has 1 aliphatic rings. The van der Waals surface area contributed by atoms with Crippen molar-refractivity contribution in [1.82, 2.24) is 14.5 Å². The molecule has 170 valence electrons. The zero-order valence-electron chi connectivity index (χ0n) is 18.2. The number of rotatable bonds is 4. The van der Waals surface area contributed by atoms with Crippen molar-refractivity contribution in [2.45, 2.75) is 23.3 Å². The molecule has 9 heteroatoms. The Hall–Kier alpha value is -4.11. The highest BCUT2D eigenvalue weighted by Gasteiger charge is 2.30. The molecular weight excluding hydrogens is 452 g/mol. The van der Waals surface area contributed by atoms with Gasteiger partial charge >= 0.3 is 0 Å². The summed E-state index contributed by atoms with van der Waals surface area (Å²) in [6, 6.07) is 19.7. The van der Waals surface area contributed by atoms with Crippen LogP contribution in [0.15, 0.2) is 76.5 Å². The van der Waals surface area contributed by atoms with E-state index in [1.807, 2.05) is 49.4 Å². The smallest absolute Gasteiger partial charge is 0.231 e. The van der Waals surface area contributed by atoms with E-state index in [-0.39, 0.29) is 34.5 Å². The molecule has 2 aromatic heterocycles. The van der Waals surface area contributed by atoms with E-state index < -0.39 is 9.84 Å². The first-order valence-electron chi connectivity index (χ1n) is 10.7. The molecule has 2 N–H and O–H groups in total. The quantitative estimate of drug-likeness (QED) is 0.420. The van der Waals surface area contributed by atoms with Crippen LogP contribution in [0.5, 0.6) is 11.5 Å². The van der Waals surface area contributed by atoms with E-state index in [0.29, 0.717) is 28.2 Å². The number of nitrogens with zero attached hydrogens (tertiary/aromatic N) is 3. The molecule has 0 saturated heterocycles. The lowest BCUT2D eigenvalue weighted by atomic mass is 10.2. The number of benzene rings is 3. The molecule has 3 heterocycles. The van der Waals surface area contributed by atoms with Gasteiger partial charge in [-0.25, -0.2) is 18.4 Å². The molecule has 34 heavy (non-hydrogen) atoms. The van der Waals surface area contributed by atoms with Gasteiger partial charge in [0.25, 0.3) is 0 Å². The number of aryl methyl sites for hydroxylation is 1. The second-order valence-electron chi connectivity index (χ2n) is 8.19. The Morgan fingerprint density at radius 1 is 0.941 bits per heavy atom. The second kappa shape index (κ2) is 7.46. The summed E-state index contributed by atoms with van der Waals surface area (Å²) in [5.41, 5.74) is 10.1. The number of fused-ring (bicyclic) bond motifs is 3. The minimum absolute atomic E-state index is 0.0351. The molecule has 1 aliphatic heterocycles. The number of anilines is 1. The Balaban J connectivity index is 1.60. The Bertz CT molecular complexity index is 1710. The Morgan fingerprint density at radius 3 is 2.50 bits per heavy atom. The number of nitrogens with two attached hydrogens (primary N) is 1. The molecule has 0 amide bonds. The van der Waals surface area contributed by atoms with Gasteiger partial charge in [0.05, 0.1) is 22.5 Å². The maximum Gasteiger partial charge on any atom is 0.231 e. The van der Waals surface area contributed by atoms with Gasteiger partial charge in [-0.2, -0.15) is 0 Å². The average molecular weight is 473 g/mol. The van der Waals surface area contributed by atoms with Crippen molar-refractivity contribution in [2.24, 2.45) is 0 Å². The summed E-state index contributed by atoms with van der Waals surface area (Å²) in [6.07, 6.45) is 0. The predicted octanol–water partition coefficient (Wildman–Crippen LogP) is 4.08. The fourth-order valence-corrected chi connectivity index (χ4v) is 5.85. The summed E-state index contributed by atoms with van der Waals surface area (Å²) < 4.78 is 40.1. The number of aromatic nitrogens is 3. The highest BCUT2D eigenvalue weighted by atomic mass is 32.2. The molecule has 0 spiro atoms. The van der Waals surface area contributed by atoms with Gasteiger partial charge < -0.3 is 19.8 Å². The van der Waals surface area contributed by atoms with Gasteiger partial charge in [-0.15, -0.1) is 0 Å². The maximum atomic E-state index is 13.8. The summed E-state index contributed by atoms with van der Waals surface area (Å²) >= 11 is 0. The first-order chi connectivity index (χ1) is 16.4. The number of ether oxygens (including phenoxy) is 2. The zero-order valence-corrected chi connectivity index (χ0v) is 19.0. The lowest BCUT2D eigenvalue weighted by Gasteiger charge is -2.09. The lowest BCUT2D eigenvalue weighted by Crippen LogP contribution is -2.09. The van der Waals surface area contributed by atoms with Gasteiger partial charge in [-0.05, 0) is 54.4 Å².